The number of amides is 1. The molecule has 2 aromatic carbocycles. The number of carbonyl (C=O) groups excluding carboxylic acids is 1. The highest BCUT2D eigenvalue weighted by Crippen LogP contribution is 2.18. The highest BCUT2D eigenvalue weighted by atomic mass is 35.5. The van der Waals surface area contributed by atoms with Crippen molar-refractivity contribution in [1.29, 1.82) is 0 Å². The van der Waals surface area contributed by atoms with Crippen molar-refractivity contribution in [2.24, 2.45) is 0 Å². The molecule has 0 aliphatic rings. The third kappa shape index (κ3) is 6.60. The van der Waals surface area contributed by atoms with Crippen molar-refractivity contribution in [2.45, 2.75) is 26.9 Å². The van der Waals surface area contributed by atoms with Crippen LogP contribution in [0.5, 0.6) is 5.75 Å². The van der Waals surface area contributed by atoms with E-state index in [0.29, 0.717) is 13.2 Å². The summed E-state index contributed by atoms with van der Waals surface area (Å²) in [4.78, 5) is 11.9. The van der Waals surface area contributed by atoms with Crippen molar-refractivity contribution in [2.75, 3.05) is 18.4 Å². The largest absolute Gasteiger partial charge is 1.00 e. The molecule has 0 bridgehead atoms. The SMILES string of the molecule is CCC[NH2+]CC(=O)Nc1ccc(COc2ccccc2)cc1C.[Cl-]. The normalized spacial score (nSPS) is 9.92. The second-order valence-corrected chi connectivity index (χ2v) is 5.58. The summed E-state index contributed by atoms with van der Waals surface area (Å²) < 4.78 is 5.74. The highest BCUT2D eigenvalue weighted by molar-refractivity contribution is 5.92. The minimum Gasteiger partial charge on any atom is -1.00 e. The minimum absolute atomic E-state index is 0. The first-order valence-corrected chi connectivity index (χ1v) is 8.08. The molecule has 0 atom stereocenters. The van der Waals surface area contributed by atoms with Crippen LogP contribution in [0.1, 0.15) is 24.5 Å². The molecule has 130 valence electrons. The number of nitrogens with one attached hydrogen (secondary N) is 1. The smallest absolute Gasteiger partial charge is 0.279 e. The van der Waals surface area contributed by atoms with Crippen molar-refractivity contribution in [3.8, 4) is 5.75 Å². The first-order valence-electron chi connectivity index (χ1n) is 8.08. The quantitative estimate of drug-likeness (QED) is 0.631. The molecule has 0 unspecified atom stereocenters. The number of hydrogen-bond donors (Lipinski definition) is 2. The Balaban J connectivity index is 0.00000288. The average Bonchev–Trinajstić information content (AvgIpc) is 2.56. The molecule has 0 aliphatic heterocycles. The van der Waals surface area contributed by atoms with Gasteiger partial charge in [-0.05, 0) is 42.7 Å². The molecule has 4 nitrogen and oxygen atoms in total. The van der Waals surface area contributed by atoms with Crippen molar-refractivity contribution in [3.63, 3.8) is 0 Å². The molecule has 0 saturated heterocycles. The third-order valence-corrected chi connectivity index (χ3v) is 3.54. The number of benzene rings is 2. The number of halogens is 1. The molecule has 5 heteroatoms. The van der Waals surface area contributed by atoms with E-state index in [1.807, 2.05) is 60.8 Å². The van der Waals surface area contributed by atoms with E-state index >= 15 is 0 Å². The predicted molar refractivity (Wildman–Crippen MR) is 92.5 cm³/mol. The molecule has 0 spiro atoms. The van der Waals surface area contributed by atoms with Crippen LogP contribution < -0.4 is 27.8 Å². The van der Waals surface area contributed by atoms with Crippen LogP contribution in [0.25, 0.3) is 0 Å². The van der Waals surface area contributed by atoms with Gasteiger partial charge in [0.25, 0.3) is 5.91 Å². The van der Waals surface area contributed by atoms with E-state index in [4.69, 9.17) is 4.74 Å². The summed E-state index contributed by atoms with van der Waals surface area (Å²) in [6, 6.07) is 15.7. The number of nitrogens with two attached hydrogens (primary N) is 1. The van der Waals surface area contributed by atoms with Crippen LogP contribution in [0.4, 0.5) is 5.69 Å². The van der Waals surface area contributed by atoms with Crippen LogP contribution in [0.2, 0.25) is 0 Å². The number of rotatable bonds is 8. The van der Waals surface area contributed by atoms with Crippen LogP contribution in [0.3, 0.4) is 0 Å². The fourth-order valence-corrected chi connectivity index (χ4v) is 2.28. The minimum atomic E-state index is 0. The van der Waals surface area contributed by atoms with E-state index in [1.165, 1.54) is 0 Å². The van der Waals surface area contributed by atoms with Gasteiger partial charge in [0.1, 0.15) is 12.4 Å². The van der Waals surface area contributed by atoms with Gasteiger partial charge in [-0.25, -0.2) is 0 Å². The summed E-state index contributed by atoms with van der Waals surface area (Å²) in [6.45, 7) is 6.06. The Hall–Kier alpha value is -2.04. The number of carbonyl (C=O) groups is 1. The molecule has 0 aromatic heterocycles. The second-order valence-electron chi connectivity index (χ2n) is 5.58. The van der Waals surface area contributed by atoms with E-state index < -0.39 is 0 Å². The Kier molecular flexibility index (Phi) is 8.90. The lowest BCUT2D eigenvalue weighted by Gasteiger charge is -2.11. The Morgan fingerprint density at radius 2 is 1.92 bits per heavy atom. The molecule has 0 radical (unpaired) electrons. The summed E-state index contributed by atoms with van der Waals surface area (Å²) in [7, 11) is 0. The lowest BCUT2D eigenvalue weighted by atomic mass is 10.1. The van der Waals surface area contributed by atoms with Crippen LogP contribution >= 0.6 is 0 Å². The van der Waals surface area contributed by atoms with Gasteiger partial charge in [0.2, 0.25) is 0 Å². The number of hydrogen-bond acceptors (Lipinski definition) is 2. The van der Waals surface area contributed by atoms with Crippen LogP contribution in [-0.4, -0.2) is 19.0 Å². The molecule has 24 heavy (non-hydrogen) atoms. The fraction of sp³-hybridized carbons (Fsp3) is 0.316. The van der Waals surface area contributed by atoms with E-state index in [1.54, 1.807) is 0 Å². The molecule has 0 saturated carbocycles. The van der Waals surface area contributed by atoms with E-state index in [2.05, 4.69) is 12.2 Å². The number of para-hydroxylation sites is 1. The van der Waals surface area contributed by atoms with Gasteiger partial charge in [0.15, 0.2) is 6.54 Å². The van der Waals surface area contributed by atoms with Gasteiger partial charge in [-0.2, -0.15) is 0 Å². The maximum atomic E-state index is 11.9. The topological polar surface area (TPSA) is 54.9 Å². The molecule has 2 aromatic rings. The number of ether oxygens (including phenoxy) is 1. The Morgan fingerprint density at radius 1 is 1.17 bits per heavy atom. The number of aryl methyl sites for hydroxylation is 1. The summed E-state index contributed by atoms with van der Waals surface area (Å²) in [5.41, 5.74) is 2.99. The molecular weight excluding hydrogens is 324 g/mol. The van der Waals surface area contributed by atoms with Gasteiger partial charge >= 0.3 is 0 Å². The van der Waals surface area contributed by atoms with E-state index in [9.17, 15) is 4.79 Å². The first-order chi connectivity index (χ1) is 11.2. The van der Waals surface area contributed by atoms with Crippen LogP contribution in [-0.2, 0) is 11.4 Å². The van der Waals surface area contributed by atoms with Gasteiger partial charge in [-0.1, -0.05) is 37.3 Å². The Bertz CT molecular complexity index is 633. The highest BCUT2D eigenvalue weighted by Gasteiger charge is 2.07. The molecular formula is C19H25ClN2O2. The van der Waals surface area contributed by atoms with Gasteiger partial charge in [0.05, 0.1) is 6.54 Å². The fourth-order valence-electron chi connectivity index (χ4n) is 2.28. The van der Waals surface area contributed by atoms with Gasteiger partial charge in [0, 0.05) is 5.69 Å². The molecule has 3 N–H and O–H groups in total. The summed E-state index contributed by atoms with van der Waals surface area (Å²) >= 11 is 0. The maximum absolute atomic E-state index is 11.9. The first kappa shape index (κ1) is 20.0. The molecule has 1 amide bonds. The zero-order chi connectivity index (χ0) is 16.5. The summed E-state index contributed by atoms with van der Waals surface area (Å²) in [5.74, 6) is 0.892. The van der Waals surface area contributed by atoms with Crippen LogP contribution in [0.15, 0.2) is 48.5 Å². The van der Waals surface area contributed by atoms with Gasteiger partial charge in [-0.15, -0.1) is 0 Å². The van der Waals surface area contributed by atoms with E-state index in [-0.39, 0.29) is 18.3 Å². The Labute approximate surface area is 150 Å². The average molecular weight is 349 g/mol. The molecule has 0 aliphatic carbocycles. The predicted octanol–water partition coefficient (Wildman–Crippen LogP) is -0.510. The van der Waals surface area contributed by atoms with Gasteiger partial charge in [-0.3, -0.25) is 4.79 Å². The van der Waals surface area contributed by atoms with Crippen molar-refractivity contribution in [3.05, 3.63) is 59.7 Å². The zero-order valence-electron chi connectivity index (χ0n) is 14.2. The summed E-state index contributed by atoms with van der Waals surface area (Å²) in [6.07, 6.45) is 1.07. The molecule has 0 heterocycles. The van der Waals surface area contributed by atoms with Crippen molar-refractivity contribution in [1.82, 2.24) is 0 Å². The maximum Gasteiger partial charge on any atom is 0.279 e. The zero-order valence-corrected chi connectivity index (χ0v) is 15.0. The monoisotopic (exact) mass is 348 g/mol. The van der Waals surface area contributed by atoms with Crippen molar-refractivity contribution >= 4 is 11.6 Å². The van der Waals surface area contributed by atoms with Gasteiger partial charge < -0.3 is 27.8 Å². The lowest BCUT2D eigenvalue weighted by Crippen LogP contribution is -3.00. The number of anilines is 1. The van der Waals surface area contributed by atoms with Crippen LogP contribution in [0, 0.1) is 6.92 Å². The molecule has 0 fully saturated rings. The Morgan fingerprint density at radius 3 is 2.58 bits per heavy atom. The number of quaternary nitrogens is 1. The standard InChI is InChI=1S/C19H24N2O2.ClH/c1-3-11-20-13-19(22)21-18-10-9-16(12-15(18)2)14-23-17-7-5-4-6-8-17;/h4-10,12,20H,3,11,13-14H2,1-2H3,(H,21,22);1H. The third-order valence-electron chi connectivity index (χ3n) is 3.54. The van der Waals surface area contributed by atoms with Crippen molar-refractivity contribution < 1.29 is 27.3 Å². The van der Waals surface area contributed by atoms with E-state index in [0.717, 1.165) is 35.5 Å². The lowest BCUT2D eigenvalue weighted by molar-refractivity contribution is -0.643. The molecule has 2 rings (SSSR count). The summed E-state index contributed by atoms with van der Waals surface area (Å²) in [5, 5.41) is 4.98. The second kappa shape index (κ2) is 10.7.